The molecule has 4 nitrogen and oxygen atoms in total. The normalized spacial score (nSPS) is 18.9. The molecule has 1 fully saturated rings. The molecule has 20 heavy (non-hydrogen) atoms. The maximum absolute atomic E-state index is 9.87. The van der Waals surface area contributed by atoms with Crippen LogP contribution in [0.3, 0.4) is 0 Å². The molecule has 1 saturated carbocycles. The van der Waals surface area contributed by atoms with E-state index in [9.17, 15) is 5.11 Å². The highest BCUT2D eigenvalue weighted by molar-refractivity contribution is 7.98. The second-order valence-corrected chi connectivity index (χ2v) is 6.19. The molecular formula is C15H21NO3S. The van der Waals surface area contributed by atoms with Crippen LogP contribution in [0.2, 0.25) is 0 Å². The number of benzene rings is 1. The van der Waals surface area contributed by atoms with Crippen molar-refractivity contribution in [2.75, 3.05) is 26.0 Å². The van der Waals surface area contributed by atoms with Crippen LogP contribution in [0, 0.1) is 5.92 Å². The molecule has 0 radical (unpaired) electrons. The maximum Gasteiger partial charge on any atom is 0.162 e. The quantitative estimate of drug-likeness (QED) is 0.787. The molecular weight excluding hydrogens is 274 g/mol. The molecule has 0 aromatic heterocycles. The first-order valence-electron chi connectivity index (χ1n) is 7.13. The molecule has 1 unspecified atom stereocenters. The predicted octanol–water partition coefficient (Wildman–Crippen LogP) is 2.04. The van der Waals surface area contributed by atoms with E-state index < -0.39 is 0 Å². The van der Waals surface area contributed by atoms with Gasteiger partial charge in [0.2, 0.25) is 0 Å². The lowest BCUT2D eigenvalue weighted by Crippen LogP contribution is -2.28. The molecule has 0 saturated heterocycles. The van der Waals surface area contributed by atoms with Gasteiger partial charge < -0.3 is 19.9 Å². The van der Waals surface area contributed by atoms with Crippen LogP contribution in [-0.2, 0) is 6.54 Å². The Morgan fingerprint density at radius 2 is 2.00 bits per heavy atom. The molecule has 2 N–H and O–H groups in total. The largest absolute Gasteiger partial charge is 0.486 e. The van der Waals surface area contributed by atoms with Gasteiger partial charge in [0.15, 0.2) is 11.5 Å². The Bertz CT molecular complexity index is 476. The zero-order valence-corrected chi connectivity index (χ0v) is 12.5. The summed E-state index contributed by atoms with van der Waals surface area (Å²) in [5.41, 5.74) is 1.20. The van der Waals surface area contributed by atoms with Gasteiger partial charge in [-0.15, -0.1) is 11.8 Å². The smallest absolute Gasteiger partial charge is 0.162 e. The standard InChI is InChI=1S/C15H21NO3S/c1-20-15-7-14-13(18-4-5-19-14)6-11(15)8-16-9-12(17)10-2-3-10/h6-7,10,12,16-17H,2-5,8-9H2,1H3. The van der Waals surface area contributed by atoms with Crippen molar-refractivity contribution in [3.05, 3.63) is 17.7 Å². The summed E-state index contributed by atoms with van der Waals surface area (Å²) in [5.74, 6) is 2.18. The Morgan fingerprint density at radius 1 is 1.30 bits per heavy atom. The minimum absolute atomic E-state index is 0.204. The third-order valence-corrected chi connectivity index (χ3v) is 4.60. The number of hydrogen-bond acceptors (Lipinski definition) is 5. The van der Waals surface area contributed by atoms with E-state index in [1.54, 1.807) is 11.8 Å². The van der Waals surface area contributed by atoms with E-state index in [2.05, 4.69) is 17.6 Å². The van der Waals surface area contributed by atoms with E-state index in [4.69, 9.17) is 9.47 Å². The van der Waals surface area contributed by atoms with Gasteiger partial charge in [-0.05, 0) is 42.7 Å². The molecule has 1 aromatic rings. The van der Waals surface area contributed by atoms with Crippen LogP contribution in [0.15, 0.2) is 17.0 Å². The average molecular weight is 295 g/mol. The topological polar surface area (TPSA) is 50.7 Å². The van der Waals surface area contributed by atoms with E-state index in [1.165, 1.54) is 23.3 Å². The predicted molar refractivity (Wildman–Crippen MR) is 79.7 cm³/mol. The Hall–Kier alpha value is -0.910. The summed E-state index contributed by atoms with van der Waals surface area (Å²) in [6.45, 7) is 2.63. The number of aliphatic hydroxyl groups excluding tert-OH is 1. The van der Waals surface area contributed by atoms with E-state index >= 15 is 0 Å². The lowest BCUT2D eigenvalue weighted by Gasteiger charge is -2.21. The first-order valence-corrected chi connectivity index (χ1v) is 8.35. The van der Waals surface area contributed by atoms with Gasteiger partial charge >= 0.3 is 0 Å². The van der Waals surface area contributed by atoms with Crippen molar-refractivity contribution in [3.63, 3.8) is 0 Å². The van der Waals surface area contributed by atoms with Crippen LogP contribution >= 0.6 is 11.8 Å². The van der Waals surface area contributed by atoms with Gasteiger partial charge in [0.25, 0.3) is 0 Å². The van der Waals surface area contributed by atoms with Gasteiger partial charge in [-0.2, -0.15) is 0 Å². The fourth-order valence-electron chi connectivity index (χ4n) is 2.44. The first-order chi connectivity index (χ1) is 9.78. The van der Waals surface area contributed by atoms with E-state index in [-0.39, 0.29) is 6.10 Å². The fourth-order valence-corrected chi connectivity index (χ4v) is 3.06. The Labute approximate surface area is 123 Å². The third kappa shape index (κ3) is 3.22. The van der Waals surface area contributed by atoms with E-state index in [1.807, 2.05) is 6.07 Å². The number of ether oxygens (including phenoxy) is 2. The SMILES string of the molecule is CSc1cc2c(cc1CNCC(O)C1CC1)OCCO2. The number of rotatable bonds is 6. The van der Waals surface area contributed by atoms with Gasteiger partial charge in [0, 0.05) is 18.0 Å². The van der Waals surface area contributed by atoms with Crippen molar-refractivity contribution in [2.45, 2.75) is 30.4 Å². The molecule has 1 aliphatic carbocycles. The fraction of sp³-hybridized carbons (Fsp3) is 0.600. The molecule has 5 heteroatoms. The molecule has 1 aromatic carbocycles. The minimum Gasteiger partial charge on any atom is -0.486 e. The summed E-state index contributed by atoms with van der Waals surface area (Å²) in [6, 6.07) is 4.10. The Kier molecular flexibility index (Phi) is 4.38. The highest BCUT2D eigenvalue weighted by atomic mass is 32.2. The van der Waals surface area contributed by atoms with Crippen molar-refractivity contribution in [1.82, 2.24) is 5.32 Å². The molecule has 0 bridgehead atoms. The second kappa shape index (κ2) is 6.24. The van der Waals surface area contributed by atoms with Crippen molar-refractivity contribution in [3.8, 4) is 11.5 Å². The van der Waals surface area contributed by atoms with Crippen LogP contribution in [-0.4, -0.2) is 37.2 Å². The summed E-state index contributed by atoms with van der Waals surface area (Å²) >= 11 is 1.71. The third-order valence-electron chi connectivity index (χ3n) is 3.78. The van der Waals surface area contributed by atoms with Gasteiger partial charge in [0.05, 0.1) is 6.10 Å². The van der Waals surface area contributed by atoms with E-state index in [0.717, 1.165) is 18.0 Å². The lowest BCUT2D eigenvalue weighted by atomic mass is 10.1. The zero-order valence-electron chi connectivity index (χ0n) is 11.7. The van der Waals surface area contributed by atoms with Gasteiger partial charge in [0.1, 0.15) is 13.2 Å². The number of thioether (sulfide) groups is 1. The van der Waals surface area contributed by atoms with Crippen LogP contribution in [0.1, 0.15) is 18.4 Å². The molecule has 1 heterocycles. The number of hydrogen-bond donors (Lipinski definition) is 2. The summed E-state index contributed by atoms with van der Waals surface area (Å²) < 4.78 is 11.2. The lowest BCUT2D eigenvalue weighted by molar-refractivity contribution is 0.148. The number of aliphatic hydroxyl groups is 1. The number of nitrogens with one attached hydrogen (secondary N) is 1. The molecule has 0 spiro atoms. The number of fused-ring (bicyclic) bond motifs is 1. The van der Waals surface area contributed by atoms with Crippen molar-refractivity contribution in [2.24, 2.45) is 5.92 Å². The summed E-state index contributed by atoms with van der Waals surface area (Å²) in [4.78, 5) is 1.20. The summed E-state index contributed by atoms with van der Waals surface area (Å²) in [5, 5.41) is 13.2. The minimum atomic E-state index is -0.204. The van der Waals surface area contributed by atoms with Crippen molar-refractivity contribution < 1.29 is 14.6 Å². The highest BCUT2D eigenvalue weighted by Gasteiger charge is 2.29. The molecule has 3 rings (SSSR count). The Morgan fingerprint density at radius 3 is 2.65 bits per heavy atom. The highest BCUT2D eigenvalue weighted by Crippen LogP contribution is 2.36. The van der Waals surface area contributed by atoms with Crippen LogP contribution in [0.25, 0.3) is 0 Å². The molecule has 1 atom stereocenters. The molecule has 110 valence electrons. The van der Waals surface area contributed by atoms with Crippen LogP contribution in [0.5, 0.6) is 11.5 Å². The van der Waals surface area contributed by atoms with Crippen LogP contribution < -0.4 is 14.8 Å². The zero-order chi connectivity index (χ0) is 13.9. The first kappa shape index (κ1) is 14.0. The molecule has 0 amide bonds. The van der Waals surface area contributed by atoms with Crippen molar-refractivity contribution in [1.29, 1.82) is 0 Å². The molecule has 2 aliphatic rings. The second-order valence-electron chi connectivity index (χ2n) is 5.34. The van der Waals surface area contributed by atoms with Crippen LogP contribution in [0.4, 0.5) is 0 Å². The average Bonchev–Trinajstić information content (AvgIpc) is 3.31. The van der Waals surface area contributed by atoms with E-state index in [0.29, 0.717) is 25.7 Å². The molecule has 1 aliphatic heterocycles. The van der Waals surface area contributed by atoms with Crippen molar-refractivity contribution >= 4 is 11.8 Å². The summed E-state index contributed by atoms with van der Waals surface area (Å²) in [7, 11) is 0. The van der Waals surface area contributed by atoms with Gasteiger partial charge in [-0.1, -0.05) is 0 Å². The summed E-state index contributed by atoms with van der Waals surface area (Å²) in [6.07, 6.45) is 4.20. The monoisotopic (exact) mass is 295 g/mol. The van der Waals surface area contributed by atoms with Gasteiger partial charge in [-0.3, -0.25) is 0 Å². The Balaban J connectivity index is 1.64. The van der Waals surface area contributed by atoms with Gasteiger partial charge in [-0.25, -0.2) is 0 Å². The maximum atomic E-state index is 9.87.